The highest BCUT2D eigenvalue weighted by Crippen LogP contribution is 2.60. The maximum atomic E-state index is 13.1. The lowest BCUT2D eigenvalue weighted by Gasteiger charge is -2.55. The number of nitrogens with one attached hydrogen (secondary N) is 2. The smallest absolute Gasteiger partial charge is 0.328 e. The molecule has 6 nitrogen and oxygen atoms in total. The summed E-state index contributed by atoms with van der Waals surface area (Å²) in [6, 6.07) is -0.555. The van der Waals surface area contributed by atoms with Crippen LogP contribution in [0.1, 0.15) is 78.1 Å². The first-order chi connectivity index (χ1) is 13.8. The van der Waals surface area contributed by atoms with Gasteiger partial charge in [-0.25, -0.2) is 4.79 Å². The van der Waals surface area contributed by atoms with Crippen LogP contribution >= 0.6 is 0 Å². The molecule has 2 N–H and O–H groups in total. The largest absolute Gasteiger partial charge is 0.454 e. The van der Waals surface area contributed by atoms with E-state index in [-0.39, 0.29) is 29.9 Å². The zero-order chi connectivity index (χ0) is 20.6. The normalized spacial score (nSPS) is 38.9. The molecule has 4 bridgehead atoms. The molecule has 2 amide bonds. The summed E-state index contributed by atoms with van der Waals surface area (Å²) in [5.41, 5.74) is -0.280. The first-order valence-electron chi connectivity index (χ1n) is 11.6. The Morgan fingerprint density at radius 1 is 1.00 bits per heavy atom. The number of esters is 1. The van der Waals surface area contributed by atoms with Gasteiger partial charge in [0.25, 0.3) is 5.91 Å². The summed E-state index contributed by atoms with van der Waals surface area (Å²) in [5, 5.41) is 5.89. The van der Waals surface area contributed by atoms with Crippen molar-refractivity contribution >= 4 is 17.8 Å². The van der Waals surface area contributed by atoms with Crippen LogP contribution in [-0.4, -0.2) is 36.5 Å². The van der Waals surface area contributed by atoms with Crippen LogP contribution in [0, 0.1) is 29.1 Å². The van der Waals surface area contributed by atoms with Crippen LogP contribution in [0.3, 0.4) is 0 Å². The average molecular weight is 405 g/mol. The topological polar surface area (TPSA) is 84.5 Å². The van der Waals surface area contributed by atoms with Crippen molar-refractivity contribution < 1.29 is 19.1 Å². The van der Waals surface area contributed by atoms with E-state index in [1.54, 1.807) is 6.92 Å². The van der Waals surface area contributed by atoms with Crippen molar-refractivity contribution in [1.29, 1.82) is 0 Å². The van der Waals surface area contributed by atoms with Gasteiger partial charge in [0.1, 0.15) is 6.04 Å². The van der Waals surface area contributed by atoms with Gasteiger partial charge in [-0.15, -0.1) is 0 Å². The van der Waals surface area contributed by atoms with Crippen molar-refractivity contribution in [3.05, 3.63) is 0 Å². The highest BCUT2D eigenvalue weighted by molar-refractivity contribution is 5.89. The van der Waals surface area contributed by atoms with Gasteiger partial charge in [0.2, 0.25) is 5.91 Å². The van der Waals surface area contributed by atoms with E-state index in [0.717, 1.165) is 38.5 Å². The molecule has 5 aliphatic carbocycles. The Bertz CT molecular complexity index is 626. The molecule has 29 heavy (non-hydrogen) atoms. The fraction of sp³-hybridized carbons (Fsp3) is 0.870. The minimum atomic E-state index is -0.725. The van der Waals surface area contributed by atoms with Crippen LogP contribution in [0.4, 0.5) is 0 Å². The second-order valence-corrected chi connectivity index (χ2v) is 10.4. The SMILES string of the molecule is C[C@H](NC(=O)C12CC3CC(CC(C3)C1)C2)C(=O)OCC(=O)N[C@H]1CCCC[C@@H]1C. The molecule has 0 unspecified atom stereocenters. The van der Waals surface area contributed by atoms with E-state index in [1.165, 1.54) is 25.7 Å². The molecule has 3 atom stereocenters. The van der Waals surface area contributed by atoms with E-state index in [4.69, 9.17) is 4.74 Å². The van der Waals surface area contributed by atoms with Crippen LogP contribution in [0.25, 0.3) is 0 Å². The number of ether oxygens (including phenoxy) is 1. The van der Waals surface area contributed by atoms with Gasteiger partial charge in [0, 0.05) is 11.5 Å². The fourth-order valence-corrected chi connectivity index (χ4v) is 6.84. The predicted octanol–water partition coefficient (Wildman–Crippen LogP) is 2.95. The Kier molecular flexibility index (Phi) is 5.90. The number of carbonyl (C=O) groups excluding carboxylic acids is 3. The molecule has 5 fully saturated rings. The summed E-state index contributed by atoms with van der Waals surface area (Å²) in [6.07, 6.45) is 11.2. The number of amides is 2. The lowest BCUT2D eigenvalue weighted by molar-refractivity contribution is -0.155. The number of carbonyl (C=O) groups is 3. The molecule has 6 heteroatoms. The van der Waals surface area contributed by atoms with Gasteiger partial charge < -0.3 is 15.4 Å². The minimum absolute atomic E-state index is 0.0153. The van der Waals surface area contributed by atoms with Crippen molar-refractivity contribution in [2.45, 2.75) is 90.1 Å². The van der Waals surface area contributed by atoms with E-state index >= 15 is 0 Å². The van der Waals surface area contributed by atoms with Gasteiger partial charge in [-0.2, -0.15) is 0 Å². The van der Waals surface area contributed by atoms with Gasteiger partial charge >= 0.3 is 5.97 Å². The summed E-state index contributed by atoms with van der Waals surface area (Å²) in [6.45, 7) is 3.53. The molecular formula is C23H36N2O4. The summed E-state index contributed by atoms with van der Waals surface area (Å²) in [4.78, 5) is 37.6. The number of rotatable bonds is 6. The van der Waals surface area contributed by atoms with Crippen molar-refractivity contribution in [2.24, 2.45) is 29.1 Å². The molecule has 0 aliphatic heterocycles. The zero-order valence-electron chi connectivity index (χ0n) is 17.9. The number of hydrogen-bond donors (Lipinski definition) is 2. The molecule has 162 valence electrons. The van der Waals surface area contributed by atoms with E-state index in [1.807, 2.05) is 0 Å². The summed E-state index contributed by atoms with van der Waals surface area (Å²) in [5.74, 6) is 1.73. The lowest BCUT2D eigenvalue weighted by Crippen LogP contribution is -2.56. The monoisotopic (exact) mass is 404 g/mol. The van der Waals surface area contributed by atoms with Crippen LogP contribution in [0.5, 0.6) is 0 Å². The highest BCUT2D eigenvalue weighted by Gasteiger charge is 2.54. The highest BCUT2D eigenvalue weighted by atomic mass is 16.5. The molecular weight excluding hydrogens is 368 g/mol. The van der Waals surface area contributed by atoms with Gasteiger partial charge in [-0.3, -0.25) is 9.59 Å². The van der Waals surface area contributed by atoms with Crippen molar-refractivity contribution in [3.63, 3.8) is 0 Å². The third-order valence-electron chi connectivity index (χ3n) is 8.02. The standard InChI is InChI=1S/C23H36N2O4/c1-14-5-3-4-6-19(14)25-20(26)13-29-21(27)15(2)24-22(28)23-10-16-7-17(11-23)9-18(8-16)12-23/h14-19H,3-13H2,1-2H3,(H,24,28)(H,25,26)/t14-,15-,16?,17?,18?,19-,23?/m0/s1. The second-order valence-electron chi connectivity index (χ2n) is 10.4. The summed E-state index contributed by atoms with van der Waals surface area (Å²) >= 11 is 0. The minimum Gasteiger partial charge on any atom is -0.454 e. The van der Waals surface area contributed by atoms with Crippen LogP contribution in [0.2, 0.25) is 0 Å². The Morgan fingerprint density at radius 2 is 1.59 bits per heavy atom. The van der Waals surface area contributed by atoms with Gasteiger partial charge in [-0.05, 0) is 82.0 Å². The van der Waals surface area contributed by atoms with E-state index in [0.29, 0.717) is 23.7 Å². The van der Waals surface area contributed by atoms with E-state index in [9.17, 15) is 14.4 Å². The Morgan fingerprint density at radius 3 is 2.17 bits per heavy atom. The molecule has 5 aliphatic rings. The molecule has 5 saturated carbocycles. The molecule has 0 aromatic carbocycles. The molecule has 0 aromatic heterocycles. The molecule has 5 rings (SSSR count). The van der Waals surface area contributed by atoms with Gasteiger partial charge in [0.05, 0.1) is 0 Å². The molecule has 0 heterocycles. The molecule has 0 spiro atoms. The molecule has 0 radical (unpaired) electrons. The molecule has 0 aromatic rings. The Balaban J connectivity index is 1.23. The van der Waals surface area contributed by atoms with E-state index < -0.39 is 12.0 Å². The average Bonchev–Trinajstić information content (AvgIpc) is 2.66. The van der Waals surface area contributed by atoms with Crippen molar-refractivity contribution in [1.82, 2.24) is 10.6 Å². The zero-order valence-corrected chi connectivity index (χ0v) is 17.9. The maximum Gasteiger partial charge on any atom is 0.328 e. The van der Waals surface area contributed by atoms with Crippen LogP contribution in [-0.2, 0) is 19.1 Å². The first-order valence-corrected chi connectivity index (χ1v) is 11.6. The summed E-state index contributed by atoms with van der Waals surface area (Å²) < 4.78 is 5.20. The second kappa shape index (κ2) is 8.27. The Labute approximate surface area is 173 Å². The summed E-state index contributed by atoms with van der Waals surface area (Å²) in [7, 11) is 0. The molecule has 0 saturated heterocycles. The first kappa shape index (κ1) is 20.7. The quantitative estimate of drug-likeness (QED) is 0.667. The van der Waals surface area contributed by atoms with Crippen molar-refractivity contribution in [3.8, 4) is 0 Å². The van der Waals surface area contributed by atoms with Gasteiger partial charge in [-0.1, -0.05) is 19.8 Å². The van der Waals surface area contributed by atoms with Crippen molar-refractivity contribution in [2.75, 3.05) is 6.61 Å². The number of hydrogen-bond acceptors (Lipinski definition) is 4. The third-order valence-corrected chi connectivity index (χ3v) is 8.02. The van der Waals surface area contributed by atoms with Gasteiger partial charge in [0.15, 0.2) is 6.61 Å². The van der Waals surface area contributed by atoms with Crippen LogP contribution < -0.4 is 10.6 Å². The van der Waals surface area contributed by atoms with E-state index in [2.05, 4.69) is 17.6 Å². The third kappa shape index (κ3) is 4.46. The predicted molar refractivity (Wildman–Crippen MR) is 109 cm³/mol. The fourth-order valence-electron chi connectivity index (χ4n) is 6.84. The maximum absolute atomic E-state index is 13.1. The Hall–Kier alpha value is -1.59. The lowest BCUT2D eigenvalue weighted by atomic mass is 9.49. The van der Waals surface area contributed by atoms with Crippen LogP contribution in [0.15, 0.2) is 0 Å².